The number of anilines is 1. The zero-order valence-corrected chi connectivity index (χ0v) is 13.5. The van der Waals surface area contributed by atoms with Gasteiger partial charge in [-0.3, -0.25) is 4.90 Å². The molecule has 0 saturated carbocycles. The molecule has 0 spiro atoms. The summed E-state index contributed by atoms with van der Waals surface area (Å²) in [5.74, 6) is 0.530. The number of likely N-dealkylation sites (tertiary alicyclic amines) is 1. The summed E-state index contributed by atoms with van der Waals surface area (Å²) in [4.78, 5) is 14.4. The fourth-order valence-electron chi connectivity index (χ4n) is 3.02. The zero-order valence-electron chi connectivity index (χ0n) is 13.5. The smallest absolute Gasteiger partial charge is 0.319 e. The van der Waals surface area contributed by atoms with Gasteiger partial charge in [0.1, 0.15) is 11.6 Å². The van der Waals surface area contributed by atoms with Gasteiger partial charge in [-0.05, 0) is 62.3 Å². The van der Waals surface area contributed by atoms with Crippen LogP contribution in [0.15, 0.2) is 47.1 Å². The number of nitrogens with zero attached hydrogens (tertiary/aromatic N) is 1. The lowest BCUT2D eigenvalue weighted by Gasteiger charge is -2.33. The average Bonchev–Trinajstić information content (AvgIpc) is 3.12. The lowest BCUT2D eigenvalue weighted by molar-refractivity contribution is 0.144. The standard InChI is InChI=1S/C18H22FN3O2/c19-14-6-8-15(9-7-14)21-18(23)20-13-16(17-5-4-12-24-17)22-10-2-1-3-11-22/h4-9,12,16H,1-3,10-11,13H2,(H2,20,21,23). The minimum absolute atomic E-state index is 0.0271. The number of carbonyl (C=O) groups excluding carboxylic acids is 1. The molecule has 0 aliphatic carbocycles. The van der Waals surface area contributed by atoms with E-state index >= 15 is 0 Å². The van der Waals surface area contributed by atoms with Crippen LogP contribution in [-0.4, -0.2) is 30.6 Å². The average molecular weight is 331 g/mol. The van der Waals surface area contributed by atoms with Crippen molar-refractivity contribution in [2.45, 2.75) is 25.3 Å². The maximum absolute atomic E-state index is 12.9. The molecule has 0 radical (unpaired) electrons. The first-order chi connectivity index (χ1) is 11.7. The summed E-state index contributed by atoms with van der Waals surface area (Å²) in [6.45, 7) is 2.47. The first-order valence-corrected chi connectivity index (χ1v) is 8.30. The molecule has 3 rings (SSSR count). The van der Waals surface area contributed by atoms with Gasteiger partial charge in [-0.25, -0.2) is 9.18 Å². The molecule has 24 heavy (non-hydrogen) atoms. The first kappa shape index (κ1) is 16.5. The van der Waals surface area contributed by atoms with Crippen LogP contribution in [0, 0.1) is 5.82 Å². The van der Waals surface area contributed by atoms with Crippen molar-refractivity contribution < 1.29 is 13.6 Å². The Hall–Kier alpha value is -2.34. The fraction of sp³-hybridized carbons (Fsp3) is 0.389. The molecule has 1 saturated heterocycles. The Morgan fingerprint density at radius 3 is 2.58 bits per heavy atom. The number of benzene rings is 1. The Morgan fingerprint density at radius 2 is 1.92 bits per heavy atom. The van der Waals surface area contributed by atoms with Gasteiger partial charge in [0.25, 0.3) is 0 Å². The highest BCUT2D eigenvalue weighted by Crippen LogP contribution is 2.24. The fourth-order valence-corrected chi connectivity index (χ4v) is 3.02. The van der Waals surface area contributed by atoms with Crippen LogP contribution in [-0.2, 0) is 0 Å². The van der Waals surface area contributed by atoms with Crippen molar-refractivity contribution in [3.05, 3.63) is 54.2 Å². The number of urea groups is 1. The van der Waals surface area contributed by atoms with Crippen molar-refractivity contribution in [2.75, 3.05) is 25.0 Å². The number of amides is 2. The summed E-state index contributed by atoms with van der Waals surface area (Å²) in [6, 6.07) is 9.22. The molecule has 2 N–H and O–H groups in total. The van der Waals surface area contributed by atoms with Crippen molar-refractivity contribution in [1.82, 2.24) is 10.2 Å². The van der Waals surface area contributed by atoms with Crippen molar-refractivity contribution >= 4 is 11.7 Å². The van der Waals surface area contributed by atoms with Crippen LogP contribution in [0.2, 0.25) is 0 Å². The van der Waals surface area contributed by atoms with Crippen LogP contribution in [0.5, 0.6) is 0 Å². The number of hydrogen-bond acceptors (Lipinski definition) is 3. The lowest BCUT2D eigenvalue weighted by Crippen LogP contribution is -2.41. The molecule has 1 aliphatic heterocycles. The lowest BCUT2D eigenvalue weighted by atomic mass is 10.1. The van der Waals surface area contributed by atoms with Gasteiger partial charge < -0.3 is 15.1 Å². The summed E-state index contributed by atoms with van der Waals surface area (Å²) in [6.07, 6.45) is 5.24. The van der Waals surface area contributed by atoms with E-state index in [-0.39, 0.29) is 17.9 Å². The summed E-state index contributed by atoms with van der Waals surface area (Å²) in [7, 11) is 0. The Bertz CT molecular complexity index is 637. The molecule has 1 atom stereocenters. The predicted molar refractivity (Wildman–Crippen MR) is 90.3 cm³/mol. The molecule has 2 heterocycles. The molecular formula is C18H22FN3O2. The number of hydrogen-bond donors (Lipinski definition) is 2. The third kappa shape index (κ3) is 4.35. The Balaban J connectivity index is 1.58. The highest BCUT2D eigenvalue weighted by molar-refractivity contribution is 5.89. The van der Waals surface area contributed by atoms with Gasteiger partial charge in [-0.1, -0.05) is 6.42 Å². The van der Waals surface area contributed by atoms with Gasteiger partial charge in [0.05, 0.1) is 12.3 Å². The number of halogens is 1. The summed E-state index contributed by atoms with van der Waals surface area (Å²) in [5.41, 5.74) is 0.557. The Kier molecular flexibility index (Phi) is 5.48. The maximum atomic E-state index is 12.9. The highest BCUT2D eigenvalue weighted by Gasteiger charge is 2.24. The van der Waals surface area contributed by atoms with Gasteiger partial charge in [0, 0.05) is 12.2 Å². The molecule has 5 nitrogen and oxygen atoms in total. The molecule has 6 heteroatoms. The van der Waals surface area contributed by atoms with Crippen molar-refractivity contribution in [2.24, 2.45) is 0 Å². The van der Waals surface area contributed by atoms with E-state index < -0.39 is 0 Å². The molecule has 2 amide bonds. The Labute approximate surface area is 140 Å². The van der Waals surface area contributed by atoms with Gasteiger partial charge in [0.15, 0.2) is 0 Å². The number of piperidine rings is 1. The molecule has 1 unspecified atom stereocenters. The SMILES string of the molecule is O=C(NCC(c1ccco1)N1CCCCC1)Nc1ccc(F)cc1. The first-order valence-electron chi connectivity index (χ1n) is 8.30. The number of furan rings is 1. The van der Waals surface area contributed by atoms with Crippen molar-refractivity contribution in [3.63, 3.8) is 0 Å². The highest BCUT2D eigenvalue weighted by atomic mass is 19.1. The largest absolute Gasteiger partial charge is 0.468 e. The minimum atomic E-state index is -0.330. The third-order valence-corrected chi connectivity index (χ3v) is 4.26. The maximum Gasteiger partial charge on any atom is 0.319 e. The van der Waals surface area contributed by atoms with Gasteiger partial charge in [-0.15, -0.1) is 0 Å². The summed E-state index contributed by atoms with van der Waals surface area (Å²) in [5, 5.41) is 5.59. The van der Waals surface area contributed by atoms with E-state index in [1.54, 1.807) is 6.26 Å². The second kappa shape index (κ2) is 7.97. The van der Waals surface area contributed by atoms with Crippen LogP contribution in [0.25, 0.3) is 0 Å². The second-order valence-corrected chi connectivity index (χ2v) is 5.97. The zero-order chi connectivity index (χ0) is 16.8. The van der Waals surface area contributed by atoms with E-state index in [4.69, 9.17) is 4.42 Å². The van der Waals surface area contributed by atoms with E-state index in [2.05, 4.69) is 15.5 Å². The molecule has 1 aromatic heterocycles. The van der Waals surface area contributed by atoms with E-state index in [1.165, 1.54) is 43.5 Å². The molecule has 128 valence electrons. The predicted octanol–water partition coefficient (Wildman–Crippen LogP) is 3.77. The van der Waals surface area contributed by atoms with Crippen molar-refractivity contribution in [3.8, 4) is 0 Å². The van der Waals surface area contributed by atoms with Gasteiger partial charge in [-0.2, -0.15) is 0 Å². The summed E-state index contributed by atoms with van der Waals surface area (Å²) < 4.78 is 18.5. The Morgan fingerprint density at radius 1 is 1.17 bits per heavy atom. The van der Waals surface area contributed by atoms with Crippen LogP contribution >= 0.6 is 0 Å². The monoisotopic (exact) mass is 331 g/mol. The van der Waals surface area contributed by atoms with Crippen LogP contribution in [0.1, 0.15) is 31.1 Å². The molecule has 2 aromatic rings. The second-order valence-electron chi connectivity index (χ2n) is 5.97. The number of carbonyl (C=O) groups is 1. The number of nitrogens with one attached hydrogen (secondary N) is 2. The molecule has 1 aliphatic rings. The number of rotatable bonds is 5. The van der Waals surface area contributed by atoms with Crippen molar-refractivity contribution in [1.29, 1.82) is 0 Å². The van der Waals surface area contributed by atoms with Gasteiger partial charge in [0.2, 0.25) is 0 Å². The van der Waals surface area contributed by atoms with E-state index in [0.717, 1.165) is 18.8 Å². The molecule has 1 fully saturated rings. The van der Waals surface area contributed by atoms with E-state index in [9.17, 15) is 9.18 Å². The molecule has 0 bridgehead atoms. The molecule has 1 aromatic carbocycles. The van der Waals surface area contributed by atoms with E-state index in [1.807, 2.05) is 12.1 Å². The third-order valence-electron chi connectivity index (χ3n) is 4.26. The minimum Gasteiger partial charge on any atom is -0.468 e. The van der Waals surface area contributed by atoms with Crippen LogP contribution in [0.4, 0.5) is 14.9 Å². The van der Waals surface area contributed by atoms with Crippen LogP contribution in [0.3, 0.4) is 0 Å². The molecular weight excluding hydrogens is 309 g/mol. The van der Waals surface area contributed by atoms with Gasteiger partial charge >= 0.3 is 6.03 Å². The quantitative estimate of drug-likeness (QED) is 0.877. The van der Waals surface area contributed by atoms with E-state index in [0.29, 0.717) is 12.2 Å². The van der Waals surface area contributed by atoms with Crippen LogP contribution < -0.4 is 10.6 Å². The normalized spacial score (nSPS) is 16.5. The topological polar surface area (TPSA) is 57.5 Å². The summed E-state index contributed by atoms with van der Waals surface area (Å²) >= 11 is 0.